The van der Waals surface area contributed by atoms with Crippen LogP contribution in [0.2, 0.25) is 5.02 Å². The number of aryl methyl sites for hydroxylation is 1. The average molecular weight is 365 g/mol. The second kappa shape index (κ2) is 8.83. The van der Waals surface area contributed by atoms with E-state index in [2.05, 4.69) is 5.32 Å². The third-order valence-electron chi connectivity index (χ3n) is 3.90. The van der Waals surface area contributed by atoms with Gasteiger partial charge in [0.05, 0.1) is 13.7 Å². The fraction of sp³-hybridized carbons (Fsp3) is 0.316. The van der Waals surface area contributed by atoms with Crippen LogP contribution in [-0.2, 0) is 11.3 Å². The van der Waals surface area contributed by atoms with Crippen molar-refractivity contribution in [3.8, 4) is 5.75 Å². The first-order valence-electron chi connectivity index (χ1n) is 8.03. The van der Waals surface area contributed by atoms with Crippen molar-refractivity contribution in [3.05, 3.63) is 58.4 Å². The van der Waals surface area contributed by atoms with Gasteiger partial charge in [-0.05, 0) is 54.9 Å². The van der Waals surface area contributed by atoms with E-state index >= 15 is 0 Å². The van der Waals surface area contributed by atoms with E-state index in [1.807, 2.05) is 18.7 Å². The number of carbonyl (C=O) groups is 1. The van der Waals surface area contributed by atoms with Crippen molar-refractivity contribution in [3.63, 3.8) is 0 Å². The Labute approximate surface area is 152 Å². The molecule has 1 amide bonds. The van der Waals surface area contributed by atoms with Gasteiger partial charge < -0.3 is 10.1 Å². The minimum atomic E-state index is -0.405. The van der Waals surface area contributed by atoms with Crippen molar-refractivity contribution in [1.29, 1.82) is 0 Å². The molecule has 2 rings (SSSR count). The maximum Gasteiger partial charge on any atom is 0.238 e. The van der Waals surface area contributed by atoms with Crippen molar-refractivity contribution in [2.75, 3.05) is 25.5 Å². The van der Waals surface area contributed by atoms with Gasteiger partial charge >= 0.3 is 0 Å². The summed E-state index contributed by atoms with van der Waals surface area (Å²) in [7, 11) is 1.43. The highest BCUT2D eigenvalue weighted by Crippen LogP contribution is 2.20. The lowest BCUT2D eigenvalue weighted by molar-refractivity contribution is -0.117. The van der Waals surface area contributed by atoms with Crippen molar-refractivity contribution >= 4 is 23.2 Å². The highest BCUT2D eigenvalue weighted by atomic mass is 35.5. The quantitative estimate of drug-likeness (QED) is 0.798. The Balaban J connectivity index is 1.98. The molecule has 4 nitrogen and oxygen atoms in total. The maximum absolute atomic E-state index is 13.8. The summed E-state index contributed by atoms with van der Waals surface area (Å²) in [5.41, 5.74) is 2.43. The largest absolute Gasteiger partial charge is 0.494 e. The molecule has 0 aromatic heterocycles. The van der Waals surface area contributed by atoms with Crippen LogP contribution in [0, 0.1) is 12.7 Å². The molecule has 0 bridgehead atoms. The summed E-state index contributed by atoms with van der Waals surface area (Å²) >= 11 is 5.92. The van der Waals surface area contributed by atoms with E-state index in [-0.39, 0.29) is 18.2 Å². The number of hydrogen-bond donors (Lipinski definition) is 1. The molecule has 0 saturated carbocycles. The Kier molecular flexibility index (Phi) is 6.79. The molecule has 0 fully saturated rings. The van der Waals surface area contributed by atoms with Crippen LogP contribution in [-0.4, -0.2) is 31.0 Å². The molecule has 0 atom stereocenters. The van der Waals surface area contributed by atoms with Gasteiger partial charge in [0.25, 0.3) is 0 Å². The fourth-order valence-electron chi connectivity index (χ4n) is 2.51. The predicted octanol–water partition coefficient (Wildman–Crippen LogP) is 4.26. The molecule has 6 heteroatoms. The molecule has 25 heavy (non-hydrogen) atoms. The van der Waals surface area contributed by atoms with Gasteiger partial charge in [0, 0.05) is 17.3 Å². The first kappa shape index (κ1) is 19.2. The van der Waals surface area contributed by atoms with Crippen LogP contribution in [0.5, 0.6) is 5.75 Å². The molecule has 0 spiro atoms. The minimum absolute atomic E-state index is 0.124. The zero-order valence-electron chi connectivity index (χ0n) is 14.6. The van der Waals surface area contributed by atoms with Gasteiger partial charge in [-0.2, -0.15) is 0 Å². The van der Waals surface area contributed by atoms with E-state index in [1.54, 1.807) is 30.3 Å². The number of nitrogens with one attached hydrogen (secondary N) is 1. The van der Waals surface area contributed by atoms with Crippen LogP contribution in [0.4, 0.5) is 10.1 Å². The zero-order valence-corrected chi connectivity index (χ0v) is 15.4. The summed E-state index contributed by atoms with van der Waals surface area (Å²) in [6.07, 6.45) is 0. The molecule has 0 saturated heterocycles. The summed E-state index contributed by atoms with van der Waals surface area (Å²) in [5.74, 6) is -0.318. The van der Waals surface area contributed by atoms with E-state index in [0.717, 1.165) is 16.8 Å². The van der Waals surface area contributed by atoms with Crippen molar-refractivity contribution in [1.82, 2.24) is 4.90 Å². The molecule has 1 N–H and O–H groups in total. The number of halogens is 2. The molecule has 134 valence electrons. The van der Waals surface area contributed by atoms with Crippen molar-refractivity contribution in [2.45, 2.75) is 20.4 Å². The van der Waals surface area contributed by atoms with Gasteiger partial charge in [-0.1, -0.05) is 24.6 Å². The molecule has 0 aliphatic rings. The first-order valence-corrected chi connectivity index (χ1v) is 8.41. The Morgan fingerprint density at radius 3 is 2.64 bits per heavy atom. The normalized spacial score (nSPS) is 10.8. The number of anilines is 1. The molecule has 2 aromatic rings. The monoisotopic (exact) mass is 364 g/mol. The number of benzene rings is 2. The molecule has 0 unspecified atom stereocenters. The summed E-state index contributed by atoms with van der Waals surface area (Å²) < 4.78 is 18.7. The predicted molar refractivity (Wildman–Crippen MR) is 98.7 cm³/mol. The summed E-state index contributed by atoms with van der Waals surface area (Å²) in [4.78, 5) is 14.2. The smallest absolute Gasteiger partial charge is 0.238 e. The fourth-order valence-corrected chi connectivity index (χ4v) is 2.73. The van der Waals surface area contributed by atoms with E-state index in [1.165, 1.54) is 13.2 Å². The van der Waals surface area contributed by atoms with E-state index < -0.39 is 5.82 Å². The van der Waals surface area contributed by atoms with Gasteiger partial charge in [-0.25, -0.2) is 4.39 Å². The molecule has 2 aromatic carbocycles. The summed E-state index contributed by atoms with van der Waals surface area (Å²) in [6, 6.07) is 10.1. The molecule has 0 heterocycles. The molecule has 0 aliphatic carbocycles. The summed E-state index contributed by atoms with van der Waals surface area (Å²) in [5, 5.41) is 3.52. The van der Waals surface area contributed by atoms with E-state index in [0.29, 0.717) is 18.1 Å². The summed E-state index contributed by atoms with van der Waals surface area (Å²) in [6.45, 7) is 5.21. The highest BCUT2D eigenvalue weighted by molar-refractivity contribution is 6.30. The van der Waals surface area contributed by atoms with Crippen LogP contribution in [0.25, 0.3) is 0 Å². The second-order valence-corrected chi connectivity index (χ2v) is 6.22. The van der Waals surface area contributed by atoms with Crippen LogP contribution in [0.3, 0.4) is 0 Å². The average Bonchev–Trinajstić information content (AvgIpc) is 2.57. The number of rotatable bonds is 7. The standard InChI is InChI=1S/C19H22ClFN2O2/c1-4-23(11-14-5-8-18(25-3)16(21)10-14)12-19(24)22-17-7-6-15(20)9-13(17)2/h5-10H,4,11-12H2,1-3H3,(H,22,24). The number of hydrogen-bond acceptors (Lipinski definition) is 3. The lowest BCUT2D eigenvalue weighted by atomic mass is 10.2. The van der Waals surface area contributed by atoms with Gasteiger partial charge in [-0.15, -0.1) is 0 Å². The lowest BCUT2D eigenvalue weighted by Crippen LogP contribution is -2.32. The van der Waals surface area contributed by atoms with Crippen molar-refractivity contribution < 1.29 is 13.9 Å². The number of methoxy groups -OCH3 is 1. The van der Waals surface area contributed by atoms with E-state index in [4.69, 9.17) is 16.3 Å². The van der Waals surface area contributed by atoms with Crippen molar-refractivity contribution in [2.24, 2.45) is 0 Å². The zero-order chi connectivity index (χ0) is 18.4. The number of amides is 1. The second-order valence-electron chi connectivity index (χ2n) is 5.78. The Morgan fingerprint density at radius 1 is 1.28 bits per heavy atom. The Hall–Kier alpha value is -2.11. The molecular weight excluding hydrogens is 343 g/mol. The van der Waals surface area contributed by atoms with Crippen LogP contribution >= 0.6 is 11.6 Å². The maximum atomic E-state index is 13.8. The SMILES string of the molecule is CCN(CC(=O)Nc1ccc(Cl)cc1C)Cc1ccc(OC)c(F)c1. The van der Waals surface area contributed by atoms with Crippen LogP contribution < -0.4 is 10.1 Å². The molecule has 0 radical (unpaired) electrons. The Morgan fingerprint density at radius 2 is 2.04 bits per heavy atom. The molecule has 0 aliphatic heterocycles. The van der Waals surface area contributed by atoms with Gasteiger partial charge in [-0.3, -0.25) is 9.69 Å². The number of likely N-dealkylation sites (N-methyl/N-ethyl adjacent to an activating group) is 1. The van der Waals surface area contributed by atoms with Gasteiger partial charge in [0.2, 0.25) is 5.91 Å². The third-order valence-corrected chi connectivity index (χ3v) is 4.13. The van der Waals surface area contributed by atoms with Crippen LogP contribution in [0.1, 0.15) is 18.1 Å². The minimum Gasteiger partial charge on any atom is -0.494 e. The van der Waals surface area contributed by atoms with E-state index in [9.17, 15) is 9.18 Å². The molecular formula is C19H22ClFN2O2. The topological polar surface area (TPSA) is 41.6 Å². The number of carbonyl (C=O) groups excluding carboxylic acids is 1. The number of ether oxygens (including phenoxy) is 1. The van der Waals surface area contributed by atoms with Gasteiger partial charge in [0.15, 0.2) is 11.6 Å². The lowest BCUT2D eigenvalue weighted by Gasteiger charge is -2.20. The third kappa shape index (κ3) is 5.44. The van der Waals surface area contributed by atoms with Gasteiger partial charge in [0.1, 0.15) is 0 Å². The number of nitrogens with zero attached hydrogens (tertiary/aromatic N) is 1. The Bertz CT molecular complexity index is 752. The highest BCUT2D eigenvalue weighted by Gasteiger charge is 2.12. The van der Waals surface area contributed by atoms with Crippen LogP contribution in [0.15, 0.2) is 36.4 Å². The first-order chi connectivity index (χ1) is 11.9.